The highest BCUT2D eigenvalue weighted by Crippen LogP contribution is 2.12. The van der Waals surface area contributed by atoms with Crippen molar-refractivity contribution < 1.29 is 9.47 Å². The van der Waals surface area contributed by atoms with Gasteiger partial charge in [0.1, 0.15) is 23.6 Å². The van der Waals surface area contributed by atoms with E-state index >= 15 is 0 Å². The first-order chi connectivity index (χ1) is 11.6. The Labute approximate surface area is 143 Å². The molecule has 0 radical (unpaired) electrons. The van der Waals surface area contributed by atoms with Crippen molar-refractivity contribution in [1.29, 1.82) is 0 Å². The van der Waals surface area contributed by atoms with Crippen LogP contribution >= 0.6 is 0 Å². The average Bonchev–Trinajstić information content (AvgIpc) is 2.58. The van der Waals surface area contributed by atoms with E-state index in [2.05, 4.69) is 33.6 Å². The summed E-state index contributed by atoms with van der Waals surface area (Å²) in [7, 11) is 0. The van der Waals surface area contributed by atoms with Crippen LogP contribution in [-0.4, -0.2) is 35.4 Å². The van der Waals surface area contributed by atoms with Crippen molar-refractivity contribution in [2.75, 3.05) is 13.2 Å². The summed E-state index contributed by atoms with van der Waals surface area (Å²) in [5, 5.41) is 0. The summed E-state index contributed by atoms with van der Waals surface area (Å²) in [6, 6.07) is 7.69. The average molecular weight is 322 g/mol. The third-order valence-corrected chi connectivity index (χ3v) is 3.19. The highest BCUT2D eigenvalue weighted by Gasteiger charge is 2.06. The van der Waals surface area contributed by atoms with Crippen molar-refractivity contribution in [2.45, 2.75) is 39.9 Å². The lowest BCUT2D eigenvalue weighted by atomic mass is 10.2. The van der Waals surface area contributed by atoms with E-state index < -0.39 is 0 Å². The van der Waals surface area contributed by atoms with Crippen LogP contribution in [0.1, 0.15) is 39.1 Å². The maximum absolute atomic E-state index is 5.44. The predicted molar refractivity (Wildman–Crippen MR) is 95.5 cm³/mol. The molecule has 0 saturated carbocycles. The molecule has 1 heterocycles. The minimum atomic E-state index is -0.161. The van der Waals surface area contributed by atoms with Crippen molar-refractivity contribution >= 4 is 11.0 Å². The SMILES string of the molecule is CCO[C@@H](C)C#Cc1nc2ccccc2nc1C#C[C@H](C)OCC. The topological polar surface area (TPSA) is 44.2 Å². The molecule has 2 aromatic rings. The fraction of sp³-hybridized carbons (Fsp3) is 0.400. The number of para-hydroxylation sites is 2. The zero-order valence-corrected chi connectivity index (χ0v) is 14.6. The molecule has 4 heteroatoms. The van der Waals surface area contributed by atoms with Crippen LogP contribution in [0.3, 0.4) is 0 Å². The summed E-state index contributed by atoms with van der Waals surface area (Å²) in [6.45, 7) is 8.95. The lowest BCUT2D eigenvalue weighted by molar-refractivity contribution is 0.116. The molecule has 0 N–H and O–H groups in total. The lowest BCUT2D eigenvalue weighted by Crippen LogP contribution is -2.05. The Morgan fingerprint density at radius 2 is 1.25 bits per heavy atom. The number of aromatic nitrogens is 2. The number of rotatable bonds is 4. The normalized spacial score (nSPS) is 12.7. The van der Waals surface area contributed by atoms with E-state index in [1.807, 2.05) is 52.0 Å². The van der Waals surface area contributed by atoms with Gasteiger partial charge in [-0.1, -0.05) is 24.0 Å². The molecule has 1 aromatic carbocycles. The molecule has 124 valence electrons. The van der Waals surface area contributed by atoms with Crippen LogP contribution in [0.5, 0.6) is 0 Å². The molecule has 0 unspecified atom stereocenters. The highest BCUT2D eigenvalue weighted by atomic mass is 16.5. The maximum Gasteiger partial charge on any atom is 0.148 e. The van der Waals surface area contributed by atoms with Crippen molar-refractivity contribution in [2.24, 2.45) is 0 Å². The van der Waals surface area contributed by atoms with Gasteiger partial charge in [0, 0.05) is 13.2 Å². The van der Waals surface area contributed by atoms with E-state index in [4.69, 9.17) is 9.47 Å². The largest absolute Gasteiger partial charge is 0.366 e. The van der Waals surface area contributed by atoms with Gasteiger partial charge in [0.15, 0.2) is 0 Å². The summed E-state index contributed by atoms with van der Waals surface area (Å²) >= 11 is 0. The summed E-state index contributed by atoms with van der Waals surface area (Å²) in [5.41, 5.74) is 2.73. The van der Waals surface area contributed by atoms with Gasteiger partial charge in [-0.3, -0.25) is 0 Å². The van der Waals surface area contributed by atoms with Gasteiger partial charge in [-0.15, -0.1) is 0 Å². The predicted octanol–water partition coefficient (Wildman–Crippen LogP) is 3.18. The second kappa shape index (κ2) is 9.03. The smallest absolute Gasteiger partial charge is 0.148 e. The van der Waals surface area contributed by atoms with Crippen LogP contribution in [-0.2, 0) is 9.47 Å². The first-order valence-corrected chi connectivity index (χ1v) is 8.17. The maximum atomic E-state index is 5.44. The Kier molecular flexibility index (Phi) is 6.75. The Bertz CT molecular complexity index is 740. The fourth-order valence-electron chi connectivity index (χ4n) is 2.10. The van der Waals surface area contributed by atoms with Crippen LogP contribution < -0.4 is 0 Å². The summed E-state index contributed by atoms with van der Waals surface area (Å²) in [6.07, 6.45) is -0.321. The van der Waals surface area contributed by atoms with Gasteiger partial charge in [0.05, 0.1) is 11.0 Å². The van der Waals surface area contributed by atoms with E-state index in [0.717, 1.165) is 11.0 Å². The zero-order valence-electron chi connectivity index (χ0n) is 14.6. The van der Waals surface area contributed by atoms with Crippen molar-refractivity contribution in [3.8, 4) is 23.7 Å². The third-order valence-electron chi connectivity index (χ3n) is 3.19. The number of benzene rings is 1. The first-order valence-electron chi connectivity index (χ1n) is 8.17. The second-order valence-corrected chi connectivity index (χ2v) is 5.14. The molecule has 2 atom stereocenters. The zero-order chi connectivity index (χ0) is 17.4. The van der Waals surface area contributed by atoms with E-state index in [1.54, 1.807) is 0 Å². The van der Waals surface area contributed by atoms with Crippen molar-refractivity contribution in [3.05, 3.63) is 35.7 Å². The molecule has 0 spiro atoms. The highest BCUT2D eigenvalue weighted by molar-refractivity contribution is 5.75. The van der Waals surface area contributed by atoms with Gasteiger partial charge in [-0.25, -0.2) is 9.97 Å². The molecule has 24 heavy (non-hydrogen) atoms. The van der Waals surface area contributed by atoms with Gasteiger partial charge in [0.25, 0.3) is 0 Å². The molecule has 0 aliphatic rings. The molecular formula is C20H22N2O2. The Hall–Kier alpha value is -2.40. The van der Waals surface area contributed by atoms with E-state index in [1.165, 1.54) is 0 Å². The van der Waals surface area contributed by atoms with E-state index in [9.17, 15) is 0 Å². The minimum Gasteiger partial charge on any atom is -0.366 e. The standard InChI is InChI=1S/C20H22N2O2/c1-5-23-15(3)11-13-19-20(14-12-16(4)24-6-2)22-18-10-8-7-9-17(18)21-19/h7-10,15-16H,5-6H2,1-4H3/t15-,16-/m0/s1. The number of ether oxygens (including phenoxy) is 2. The molecule has 0 fully saturated rings. The van der Waals surface area contributed by atoms with Gasteiger partial charge < -0.3 is 9.47 Å². The first kappa shape index (κ1) is 17.9. The van der Waals surface area contributed by atoms with Gasteiger partial charge in [-0.2, -0.15) is 0 Å². The van der Waals surface area contributed by atoms with Crippen LogP contribution in [0.4, 0.5) is 0 Å². The van der Waals surface area contributed by atoms with E-state index in [0.29, 0.717) is 24.6 Å². The molecule has 0 aliphatic carbocycles. The Balaban J connectivity index is 2.43. The molecule has 0 saturated heterocycles. The molecule has 0 aliphatic heterocycles. The molecule has 1 aromatic heterocycles. The van der Waals surface area contributed by atoms with Crippen LogP contribution in [0.15, 0.2) is 24.3 Å². The monoisotopic (exact) mass is 322 g/mol. The fourth-order valence-corrected chi connectivity index (χ4v) is 2.10. The van der Waals surface area contributed by atoms with Crippen molar-refractivity contribution in [1.82, 2.24) is 9.97 Å². The Morgan fingerprint density at radius 1 is 0.833 bits per heavy atom. The van der Waals surface area contributed by atoms with Crippen molar-refractivity contribution in [3.63, 3.8) is 0 Å². The molecule has 2 rings (SSSR count). The number of hydrogen-bond acceptors (Lipinski definition) is 4. The number of fused-ring (bicyclic) bond motifs is 1. The lowest BCUT2D eigenvalue weighted by Gasteiger charge is -2.04. The Morgan fingerprint density at radius 3 is 1.62 bits per heavy atom. The molecular weight excluding hydrogens is 300 g/mol. The molecule has 0 bridgehead atoms. The molecule has 0 amide bonds. The molecule has 4 nitrogen and oxygen atoms in total. The van der Waals surface area contributed by atoms with Gasteiger partial charge >= 0.3 is 0 Å². The van der Waals surface area contributed by atoms with Gasteiger partial charge in [0.2, 0.25) is 0 Å². The van der Waals surface area contributed by atoms with Crippen LogP contribution in [0.2, 0.25) is 0 Å². The summed E-state index contributed by atoms with van der Waals surface area (Å²) in [5.74, 6) is 12.2. The van der Waals surface area contributed by atoms with Crippen LogP contribution in [0.25, 0.3) is 11.0 Å². The summed E-state index contributed by atoms with van der Waals surface area (Å²) in [4.78, 5) is 9.19. The second-order valence-electron chi connectivity index (χ2n) is 5.14. The van der Waals surface area contributed by atoms with E-state index in [-0.39, 0.29) is 12.2 Å². The quantitative estimate of drug-likeness (QED) is 0.811. The van der Waals surface area contributed by atoms with Crippen LogP contribution in [0, 0.1) is 23.7 Å². The number of nitrogens with zero attached hydrogens (tertiary/aromatic N) is 2. The minimum absolute atomic E-state index is 0.161. The third kappa shape index (κ3) is 5.06. The summed E-state index contributed by atoms with van der Waals surface area (Å²) < 4.78 is 10.9. The van der Waals surface area contributed by atoms with Gasteiger partial charge in [-0.05, 0) is 51.7 Å². The number of hydrogen-bond donors (Lipinski definition) is 0.